The Balaban J connectivity index is 2.92. The van der Waals surface area contributed by atoms with E-state index in [-0.39, 0.29) is 5.56 Å². The number of methoxy groups -OCH3 is 1. The molecule has 78 valence electrons. The molecule has 1 rings (SSSR count). The lowest BCUT2D eigenvalue weighted by atomic mass is 10.1. The molecule has 0 saturated carbocycles. The summed E-state index contributed by atoms with van der Waals surface area (Å²) >= 11 is 0. The minimum absolute atomic E-state index is 0.257. The highest BCUT2D eigenvalue weighted by Crippen LogP contribution is 2.07. The summed E-state index contributed by atoms with van der Waals surface area (Å²) in [5, 5.41) is 2.46. The van der Waals surface area contributed by atoms with E-state index in [2.05, 4.69) is 9.91 Å². The number of ether oxygens (including phenoxy) is 1. The first-order valence-electron chi connectivity index (χ1n) is 4.20. The molecule has 0 heterocycles. The van der Waals surface area contributed by atoms with Crippen LogP contribution < -0.4 is 0 Å². The predicted octanol–water partition coefficient (Wildman–Crippen LogP) is 1.18. The van der Waals surface area contributed by atoms with Crippen LogP contribution in [0.25, 0.3) is 0 Å². The first-order valence-corrected chi connectivity index (χ1v) is 4.20. The lowest BCUT2D eigenvalue weighted by Crippen LogP contribution is -2.29. The molecule has 0 radical (unpaired) electrons. The van der Waals surface area contributed by atoms with Crippen LogP contribution in [0.5, 0.6) is 0 Å². The Morgan fingerprint density at radius 2 is 1.87 bits per heavy atom. The van der Waals surface area contributed by atoms with Gasteiger partial charge in [-0.25, -0.2) is 4.79 Å². The van der Waals surface area contributed by atoms with Crippen molar-refractivity contribution in [3.63, 3.8) is 0 Å². The van der Waals surface area contributed by atoms with Crippen molar-refractivity contribution in [1.82, 2.24) is 0 Å². The number of nitroso groups, excluding NO2 is 1. The quantitative estimate of drug-likeness (QED) is 0.321. The number of carbonyl (C=O) groups excluding carboxylic acids is 2. The van der Waals surface area contributed by atoms with E-state index in [1.165, 1.54) is 12.1 Å². The zero-order chi connectivity index (χ0) is 11.3. The Morgan fingerprint density at radius 1 is 1.27 bits per heavy atom. The van der Waals surface area contributed by atoms with Gasteiger partial charge in [0.05, 0.1) is 7.11 Å². The van der Waals surface area contributed by atoms with Gasteiger partial charge in [-0.1, -0.05) is 30.3 Å². The molecule has 0 aromatic heterocycles. The molecule has 0 aliphatic rings. The number of nitrogens with zero attached hydrogens (tertiary/aromatic N) is 1. The monoisotopic (exact) mass is 207 g/mol. The molecule has 0 aliphatic carbocycles. The van der Waals surface area contributed by atoms with Gasteiger partial charge in [0.1, 0.15) is 0 Å². The Morgan fingerprint density at radius 3 is 2.33 bits per heavy atom. The van der Waals surface area contributed by atoms with Gasteiger partial charge in [-0.05, 0) is 5.18 Å². The number of ketones is 1. The number of hydrogen-bond acceptors (Lipinski definition) is 5. The largest absolute Gasteiger partial charge is 0.467 e. The van der Waals surface area contributed by atoms with Gasteiger partial charge < -0.3 is 4.74 Å². The molecule has 5 nitrogen and oxygen atoms in total. The zero-order valence-corrected chi connectivity index (χ0v) is 8.04. The Kier molecular flexibility index (Phi) is 3.68. The maximum absolute atomic E-state index is 11.6. The standard InChI is InChI=1S/C10H9NO4/c1-15-10(13)8(11-14)9(12)7-5-3-2-4-6-7/h2-6,8H,1H3. The van der Waals surface area contributed by atoms with Crippen LogP contribution in [0.15, 0.2) is 35.5 Å². The van der Waals surface area contributed by atoms with Crippen molar-refractivity contribution in [1.29, 1.82) is 0 Å². The van der Waals surface area contributed by atoms with Crippen molar-refractivity contribution in [3.05, 3.63) is 40.8 Å². The van der Waals surface area contributed by atoms with E-state index in [1.807, 2.05) is 0 Å². The molecule has 5 heteroatoms. The number of benzene rings is 1. The van der Waals surface area contributed by atoms with E-state index in [0.29, 0.717) is 0 Å². The van der Waals surface area contributed by atoms with Gasteiger partial charge in [0.25, 0.3) is 6.04 Å². The Bertz CT molecular complexity index is 374. The minimum Gasteiger partial charge on any atom is -0.467 e. The van der Waals surface area contributed by atoms with Crippen LogP contribution >= 0.6 is 0 Å². The molecule has 0 fully saturated rings. The summed E-state index contributed by atoms with van der Waals surface area (Å²) in [5.74, 6) is -1.60. The summed E-state index contributed by atoms with van der Waals surface area (Å²) in [4.78, 5) is 33.0. The van der Waals surface area contributed by atoms with E-state index in [0.717, 1.165) is 7.11 Å². The normalized spacial score (nSPS) is 11.5. The summed E-state index contributed by atoms with van der Waals surface area (Å²) in [7, 11) is 1.10. The molecule has 0 bridgehead atoms. The van der Waals surface area contributed by atoms with Gasteiger partial charge in [0.2, 0.25) is 5.78 Å². The minimum atomic E-state index is -1.61. The van der Waals surface area contributed by atoms with Gasteiger partial charge in [0.15, 0.2) is 0 Å². The molecule has 1 unspecified atom stereocenters. The zero-order valence-electron chi connectivity index (χ0n) is 8.04. The SMILES string of the molecule is COC(=O)C(N=O)C(=O)c1ccccc1. The molecule has 0 N–H and O–H groups in total. The van der Waals surface area contributed by atoms with Crippen molar-refractivity contribution in [3.8, 4) is 0 Å². The topological polar surface area (TPSA) is 72.8 Å². The van der Waals surface area contributed by atoms with Crippen molar-refractivity contribution < 1.29 is 14.3 Å². The maximum Gasteiger partial charge on any atom is 0.342 e. The second-order valence-corrected chi connectivity index (χ2v) is 2.76. The maximum atomic E-state index is 11.6. The van der Waals surface area contributed by atoms with Gasteiger partial charge in [-0.2, -0.15) is 0 Å². The number of carbonyl (C=O) groups is 2. The number of esters is 1. The molecule has 0 aliphatic heterocycles. The molecule has 0 spiro atoms. The summed E-state index contributed by atoms with van der Waals surface area (Å²) in [5.41, 5.74) is 0.257. The van der Waals surface area contributed by atoms with Crippen LogP contribution in [-0.2, 0) is 9.53 Å². The van der Waals surface area contributed by atoms with Crippen LogP contribution in [-0.4, -0.2) is 24.9 Å². The smallest absolute Gasteiger partial charge is 0.342 e. The number of hydrogen-bond donors (Lipinski definition) is 0. The molecular formula is C10H9NO4. The van der Waals surface area contributed by atoms with Crippen molar-refractivity contribution in [2.75, 3.05) is 7.11 Å². The fourth-order valence-corrected chi connectivity index (χ4v) is 1.07. The highest BCUT2D eigenvalue weighted by molar-refractivity contribution is 6.12. The molecule has 1 aromatic carbocycles. The molecule has 15 heavy (non-hydrogen) atoms. The van der Waals surface area contributed by atoms with Crippen LogP contribution in [0.1, 0.15) is 10.4 Å². The predicted molar refractivity (Wildman–Crippen MR) is 52.4 cm³/mol. The van der Waals surface area contributed by atoms with Crippen LogP contribution in [0, 0.1) is 4.91 Å². The van der Waals surface area contributed by atoms with Gasteiger partial charge in [-0.15, -0.1) is 4.91 Å². The summed E-state index contributed by atoms with van der Waals surface area (Å²) in [6.07, 6.45) is 0. The van der Waals surface area contributed by atoms with Crippen molar-refractivity contribution >= 4 is 11.8 Å². The van der Waals surface area contributed by atoms with Gasteiger partial charge in [-0.3, -0.25) is 4.79 Å². The summed E-state index contributed by atoms with van der Waals surface area (Å²) < 4.78 is 4.29. The second-order valence-electron chi connectivity index (χ2n) is 2.76. The van der Waals surface area contributed by atoms with E-state index in [4.69, 9.17) is 0 Å². The Labute approximate surface area is 86.0 Å². The van der Waals surface area contributed by atoms with Crippen molar-refractivity contribution in [2.45, 2.75) is 6.04 Å². The lowest BCUT2D eigenvalue weighted by molar-refractivity contribution is -0.140. The van der Waals surface area contributed by atoms with E-state index in [1.54, 1.807) is 18.2 Å². The van der Waals surface area contributed by atoms with E-state index >= 15 is 0 Å². The third-order valence-corrected chi connectivity index (χ3v) is 1.84. The fourth-order valence-electron chi connectivity index (χ4n) is 1.07. The second kappa shape index (κ2) is 4.99. The molecule has 0 amide bonds. The number of Topliss-reactive ketones (excluding diaryl/α,β-unsaturated/α-hetero) is 1. The molecule has 1 atom stereocenters. The molecule has 0 saturated heterocycles. The first-order chi connectivity index (χ1) is 7.20. The van der Waals surface area contributed by atoms with Crippen LogP contribution in [0.4, 0.5) is 0 Å². The average Bonchev–Trinajstić information content (AvgIpc) is 2.30. The van der Waals surface area contributed by atoms with Crippen molar-refractivity contribution in [2.24, 2.45) is 5.18 Å². The summed E-state index contributed by atoms with van der Waals surface area (Å²) in [6.45, 7) is 0. The number of rotatable bonds is 4. The lowest BCUT2D eigenvalue weighted by Gasteiger charge is -2.05. The third kappa shape index (κ3) is 2.46. The molecular weight excluding hydrogens is 198 g/mol. The Hall–Kier alpha value is -2.04. The fraction of sp³-hybridized carbons (Fsp3) is 0.200. The summed E-state index contributed by atoms with van der Waals surface area (Å²) in [6, 6.07) is 6.38. The van der Waals surface area contributed by atoms with E-state index in [9.17, 15) is 14.5 Å². The highest BCUT2D eigenvalue weighted by atomic mass is 16.5. The van der Waals surface area contributed by atoms with Crippen LogP contribution in [0.2, 0.25) is 0 Å². The third-order valence-electron chi connectivity index (χ3n) is 1.84. The van der Waals surface area contributed by atoms with E-state index < -0.39 is 17.8 Å². The van der Waals surface area contributed by atoms with Gasteiger partial charge >= 0.3 is 5.97 Å². The first kappa shape index (κ1) is 11.0. The highest BCUT2D eigenvalue weighted by Gasteiger charge is 2.29. The van der Waals surface area contributed by atoms with Crippen LogP contribution in [0.3, 0.4) is 0 Å². The average molecular weight is 207 g/mol. The van der Waals surface area contributed by atoms with Gasteiger partial charge in [0, 0.05) is 5.56 Å². The molecule has 1 aromatic rings.